The average Bonchev–Trinajstić information content (AvgIpc) is 2.48. The summed E-state index contributed by atoms with van der Waals surface area (Å²) in [5.74, 6) is 0. The molecule has 1 N–H and O–H groups in total. The Balaban J connectivity index is 2.17. The van der Waals surface area contributed by atoms with Gasteiger partial charge in [0.05, 0.1) is 5.69 Å². The molecule has 0 bridgehead atoms. The zero-order valence-corrected chi connectivity index (χ0v) is 14.1. The van der Waals surface area contributed by atoms with Gasteiger partial charge in [-0.25, -0.2) is 0 Å². The minimum atomic E-state index is -3.58. The van der Waals surface area contributed by atoms with Crippen LogP contribution in [0, 0.1) is 0 Å². The number of aromatic nitrogens is 1. The summed E-state index contributed by atoms with van der Waals surface area (Å²) < 4.78 is 30.4. The van der Waals surface area contributed by atoms with Crippen LogP contribution in [-0.2, 0) is 10.2 Å². The summed E-state index contributed by atoms with van der Waals surface area (Å²) in [4.78, 5) is 13.9. The molecule has 0 aliphatic carbocycles. The molecule has 1 aliphatic rings. The second kappa shape index (κ2) is 6.80. The summed E-state index contributed by atoms with van der Waals surface area (Å²) in [5, 5.41) is 0. The zero-order valence-electron chi connectivity index (χ0n) is 13.3. The Morgan fingerprint density at radius 3 is 2.45 bits per heavy atom. The molecule has 1 atom stereocenters. The van der Waals surface area contributed by atoms with E-state index in [1.54, 1.807) is 10.8 Å². The van der Waals surface area contributed by atoms with Crippen LogP contribution in [0.3, 0.4) is 0 Å². The van der Waals surface area contributed by atoms with Crippen LogP contribution in [0.4, 0.5) is 5.69 Å². The number of pyridine rings is 1. The molecular weight excluding hydrogens is 304 g/mol. The lowest BCUT2D eigenvalue weighted by molar-refractivity contribution is 0.223. The van der Waals surface area contributed by atoms with E-state index in [0.29, 0.717) is 31.9 Å². The van der Waals surface area contributed by atoms with E-state index in [4.69, 9.17) is 0 Å². The van der Waals surface area contributed by atoms with Crippen molar-refractivity contribution in [3.8, 4) is 0 Å². The highest BCUT2D eigenvalue weighted by Gasteiger charge is 2.25. The van der Waals surface area contributed by atoms with Gasteiger partial charge >= 0.3 is 10.2 Å². The maximum Gasteiger partial charge on any atom is 0.301 e. The van der Waals surface area contributed by atoms with Gasteiger partial charge in [-0.05, 0) is 26.5 Å². The summed E-state index contributed by atoms with van der Waals surface area (Å²) >= 11 is 0. The minimum absolute atomic E-state index is 0.0283. The molecule has 1 aromatic heterocycles. The highest BCUT2D eigenvalue weighted by atomic mass is 32.2. The van der Waals surface area contributed by atoms with Crippen molar-refractivity contribution >= 4 is 15.9 Å². The predicted octanol–water partition coefficient (Wildman–Crippen LogP) is 0.723. The van der Waals surface area contributed by atoms with Crippen LogP contribution in [0.2, 0.25) is 0 Å². The standard InChI is InChI=1S/C14H24N4O3S/c1-4-12(2)18-11-13(5-6-14(18)19)15-22(20,21)17-9-7-16(3)8-10-17/h5-6,11-12,15H,4,7-10H2,1-3H3. The van der Waals surface area contributed by atoms with Crippen LogP contribution in [0.25, 0.3) is 0 Å². The van der Waals surface area contributed by atoms with E-state index >= 15 is 0 Å². The van der Waals surface area contributed by atoms with Crippen LogP contribution in [0.5, 0.6) is 0 Å². The largest absolute Gasteiger partial charge is 0.311 e. The number of anilines is 1. The average molecular weight is 328 g/mol. The lowest BCUT2D eigenvalue weighted by Crippen LogP contribution is -2.48. The molecule has 0 amide bonds. The molecule has 1 saturated heterocycles. The third kappa shape index (κ3) is 3.88. The van der Waals surface area contributed by atoms with Gasteiger partial charge in [-0.15, -0.1) is 0 Å². The molecule has 2 heterocycles. The number of rotatable bonds is 5. The van der Waals surface area contributed by atoms with E-state index in [2.05, 4.69) is 9.62 Å². The molecule has 2 rings (SSSR count). The van der Waals surface area contributed by atoms with Crippen molar-refractivity contribution in [3.63, 3.8) is 0 Å². The van der Waals surface area contributed by atoms with Gasteiger partial charge < -0.3 is 9.47 Å². The summed E-state index contributed by atoms with van der Waals surface area (Å²) in [6, 6.07) is 2.93. The van der Waals surface area contributed by atoms with Crippen molar-refractivity contribution < 1.29 is 8.42 Å². The smallest absolute Gasteiger partial charge is 0.301 e. The van der Waals surface area contributed by atoms with Gasteiger partial charge in [-0.1, -0.05) is 6.92 Å². The summed E-state index contributed by atoms with van der Waals surface area (Å²) in [5.41, 5.74) is 0.288. The predicted molar refractivity (Wildman–Crippen MR) is 87.3 cm³/mol. The Bertz CT molecular complexity index is 663. The third-order valence-corrected chi connectivity index (χ3v) is 5.59. The Labute approximate surface area is 131 Å². The Kier molecular flexibility index (Phi) is 5.25. The molecule has 1 aromatic rings. The summed E-state index contributed by atoms with van der Waals surface area (Å²) in [6.45, 7) is 6.28. The number of likely N-dealkylation sites (N-methyl/N-ethyl adjacent to an activating group) is 1. The van der Waals surface area contributed by atoms with Crippen molar-refractivity contribution in [1.82, 2.24) is 13.8 Å². The monoisotopic (exact) mass is 328 g/mol. The van der Waals surface area contributed by atoms with Crippen LogP contribution in [-0.4, -0.2) is 55.4 Å². The van der Waals surface area contributed by atoms with E-state index in [0.717, 1.165) is 6.42 Å². The molecule has 8 heteroatoms. The van der Waals surface area contributed by atoms with Crippen LogP contribution >= 0.6 is 0 Å². The van der Waals surface area contributed by atoms with Crippen molar-refractivity contribution in [1.29, 1.82) is 0 Å². The quantitative estimate of drug-likeness (QED) is 0.864. The number of hydrogen-bond acceptors (Lipinski definition) is 4. The summed E-state index contributed by atoms with van der Waals surface area (Å²) in [6.07, 6.45) is 2.37. The maximum atomic E-state index is 12.4. The van der Waals surface area contributed by atoms with Gasteiger partial charge in [0, 0.05) is 44.5 Å². The fourth-order valence-corrected chi connectivity index (χ4v) is 3.54. The highest BCUT2D eigenvalue weighted by Crippen LogP contribution is 2.14. The van der Waals surface area contributed by atoms with Crippen molar-refractivity contribution in [2.45, 2.75) is 26.3 Å². The highest BCUT2D eigenvalue weighted by molar-refractivity contribution is 7.90. The number of nitrogens with one attached hydrogen (secondary N) is 1. The fourth-order valence-electron chi connectivity index (χ4n) is 2.35. The van der Waals surface area contributed by atoms with Crippen LogP contribution < -0.4 is 10.3 Å². The molecule has 7 nitrogen and oxygen atoms in total. The van der Waals surface area contributed by atoms with E-state index < -0.39 is 10.2 Å². The van der Waals surface area contributed by atoms with Gasteiger partial charge in [-0.3, -0.25) is 9.52 Å². The van der Waals surface area contributed by atoms with Crippen LogP contribution in [0.15, 0.2) is 23.1 Å². The molecule has 0 aromatic carbocycles. The third-order valence-electron chi connectivity index (χ3n) is 4.05. The number of hydrogen-bond donors (Lipinski definition) is 1. The van der Waals surface area contributed by atoms with Gasteiger partial charge in [-0.2, -0.15) is 12.7 Å². The van der Waals surface area contributed by atoms with E-state index in [1.807, 2.05) is 20.9 Å². The van der Waals surface area contributed by atoms with Crippen molar-refractivity contribution in [2.75, 3.05) is 37.9 Å². The lowest BCUT2D eigenvalue weighted by atomic mass is 10.2. The lowest BCUT2D eigenvalue weighted by Gasteiger charge is -2.31. The second-order valence-electron chi connectivity index (χ2n) is 5.73. The summed E-state index contributed by atoms with van der Waals surface area (Å²) in [7, 11) is -1.61. The first kappa shape index (κ1) is 17.0. The molecule has 22 heavy (non-hydrogen) atoms. The molecule has 1 unspecified atom stereocenters. The van der Waals surface area contributed by atoms with Gasteiger partial charge in [0.15, 0.2) is 0 Å². The number of nitrogens with zero attached hydrogens (tertiary/aromatic N) is 3. The number of piperazine rings is 1. The first-order valence-corrected chi connectivity index (χ1v) is 8.96. The van der Waals surface area contributed by atoms with Gasteiger partial charge in [0.1, 0.15) is 0 Å². The SMILES string of the molecule is CCC(C)n1cc(NS(=O)(=O)N2CCN(C)CC2)ccc1=O. The first-order chi connectivity index (χ1) is 10.3. The molecule has 0 radical (unpaired) electrons. The molecule has 0 spiro atoms. The Morgan fingerprint density at radius 2 is 1.86 bits per heavy atom. The second-order valence-corrected chi connectivity index (χ2v) is 7.40. The zero-order chi connectivity index (χ0) is 16.3. The fraction of sp³-hybridized carbons (Fsp3) is 0.643. The Hall–Kier alpha value is -1.38. The minimum Gasteiger partial charge on any atom is -0.311 e. The molecule has 124 valence electrons. The van der Waals surface area contributed by atoms with E-state index in [9.17, 15) is 13.2 Å². The normalized spacial score (nSPS) is 19.0. The van der Waals surface area contributed by atoms with Crippen molar-refractivity contribution in [2.24, 2.45) is 0 Å². The van der Waals surface area contributed by atoms with Crippen LogP contribution in [0.1, 0.15) is 26.3 Å². The molecule has 0 saturated carbocycles. The first-order valence-electron chi connectivity index (χ1n) is 7.52. The molecule has 1 aliphatic heterocycles. The Morgan fingerprint density at radius 1 is 1.23 bits per heavy atom. The van der Waals surface area contributed by atoms with Gasteiger partial charge in [0.25, 0.3) is 5.56 Å². The van der Waals surface area contributed by atoms with Gasteiger partial charge in [0.2, 0.25) is 0 Å². The maximum absolute atomic E-state index is 12.4. The van der Waals surface area contributed by atoms with E-state index in [-0.39, 0.29) is 11.6 Å². The molecule has 1 fully saturated rings. The topological polar surface area (TPSA) is 74.7 Å². The van der Waals surface area contributed by atoms with Crippen molar-refractivity contribution in [3.05, 3.63) is 28.7 Å². The molecular formula is C14H24N4O3S. The van der Waals surface area contributed by atoms with E-state index in [1.165, 1.54) is 16.4 Å².